The molecular formula is C16H17ClSi. The molecule has 0 heterocycles. The zero-order valence-corrected chi connectivity index (χ0v) is 12.1. The van der Waals surface area contributed by atoms with Crippen LogP contribution in [-0.2, 0) is 0 Å². The number of hydrogen-bond donors (Lipinski definition) is 0. The van der Waals surface area contributed by atoms with Crippen LogP contribution in [0.2, 0.25) is 6.04 Å². The maximum absolute atomic E-state index is 5.78. The summed E-state index contributed by atoms with van der Waals surface area (Å²) in [5.74, 6) is 0.767. The van der Waals surface area contributed by atoms with Gasteiger partial charge in [0.15, 0.2) is 0 Å². The van der Waals surface area contributed by atoms with Crippen LogP contribution in [0.25, 0.3) is 0 Å². The van der Waals surface area contributed by atoms with Crippen LogP contribution in [0.1, 0.15) is 23.1 Å². The average molecular weight is 273 g/mol. The molecule has 0 nitrogen and oxygen atoms in total. The second kappa shape index (κ2) is 7.40. The number of halogens is 1. The zero-order chi connectivity index (χ0) is 12.6. The Hall–Kier alpha value is -1.05. The summed E-state index contributed by atoms with van der Waals surface area (Å²) in [5, 5.41) is 0. The van der Waals surface area contributed by atoms with E-state index in [1.807, 2.05) is 0 Å². The summed E-state index contributed by atoms with van der Waals surface area (Å²) >= 11 is 5.78. The summed E-state index contributed by atoms with van der Waals surface area (Å²) < 4.78 is 0. The quantitative estimate of drug-likeness (QED) is 0.412. The summed E-state index contributed by atoms with van der Waals surface area (Å²) in [6.45, 7) is 0. The molecule has 2 aromatic carbocycles. The van der Waals surface area contributed by atoms with Gasteiger partial charge in [0.25, 0.3) is 0 Å². The van der Waals surface area contributed by atoms with Crippen molar-refractivity contribution >= 4 is 21.1 Å². The van der Waals surface area contributed by atoms with Gasteiger partial charge in [0.2, 0.25) is 0 Å². The van der Waals surface area contributed by atoms with Crippen LogP contribution >= 0.6 is 11.6 Å². The van der Waals surface area contributed by atoms with Crippen molar-refractivity contribution < 1.29 is 0 Å². The summed E-state index contributed by atoms with van der Waals surface area (Å²) in [4.78, 5) is 0. The molecule has 2 rings (SSSR count). The molecule has 2 aromatic rings. The molecular weight excluding hydrogens is 256 g/mol. The molecule has 0 spiro atoms. The van der Waals surface area contributed by atoms with Crippen molar-refractivity contribution in [3.8, 4) is 0 Å². The van der Waals surface area contributed by atoms with Crippen LogP contribution in [0.5, 0.6) is 0 Å². The molecule has 2 heteroatoms. The Balaban J connectivity index is 2.18. The standard InChI is InChI=1S/C16H17ClSi/c17-12-7-13-18-16(14-8-3-1-4-9-14)15-10-5-2-6-11-15/h1-6,8-11,16H,7,12-13H2. The smallest absolute Gasteiger partial charge is 0.0535 e. The van der Waals surface area contributed by atoms with Gasteiger partial charge in [-0.3, -0.25) is 0 Å². The molecule has 0 aliphatic rings. The second-order valence-corrected chi connectivity index (χ2v) is 6.11. The first kappa shape index (κ1) is 13.4. The molecule has 0 aliphatic carbocycles. The molecule has 92 valence electrons. The monoisotopic (exact) mass is 272 g/mol. The summed E-state index contributed by atoms with van der Waals surface area (Å²) in [5.41, 5.74) is 3.35. The van der Waals surface area contributed by atoms with Gasteiger partial charge in [-0.15, -0.1) is 11.6 Å². The van der Waals surface area contributed by atoms with Crippen LogP contribution in [0.3, 0.4) is 0 Å². The Morgan fingerprint density at radius 1 is 0.833 bits per heavy atom. The van der Waals surface area contributed by atoms with Gasteiger partial charge in [0.1, 0.15) is 0 Å². The fourth-order valence-corrected chi connectivity index (χ4v) is 3.92. The Kier molecular flexibility index (Phi) is 5.50. The molecule has 0 unspecified atom stereocenters. The van der Waals surface area contributed by atoms with E-state index in [2.05, 4.69) is 60.7 Å². The van der Waals surface area contributed by atoms with Crippen LogP contribution in [-0.4, -0.2) is 15.4 Å². The van der Waals surface area contributed by atoms with Crippen molar-refractivity contribution in [2.75, 3.05) is 5.88 Å². The first-order chi connectivity index (χ1) is 8.92. The highest BCUT2D eigenvalue weighted by molar-refractivity contribution is 6.39. The van der Waals surface area contributed by atoms with Gasteiger partial charge < -0.3 is 0 Å². The van der Waals surface area contributed by atoms with Gasteiger partial charge in [0.05, 0.1) is 9.52 Å². The highest BCUT2D eigenvalue weighted by Gasteiger charge is 2.13. The lowest BCUT2D eigenvalue weighted by Gasteiger charge is -2.17. The van der Waals surface area contributed by atoms with E-state index >= 15 is 0 Å². The molecule has 0 fully saturated rings. The number of alkyl halides is 1. The number of rotatable bonds is 6. The minimum Gasteiger partial charge on any atom is -0.127 e. The Morgan fingerprint density at radius 2 is 1.33 bits per heavy atom. The SMILES string of the molecule is ClCCC[Si]C(c1ccccc1)c1ccccc1. The molecule has 0 saturated heterocycles. The minimum absolute atomic E-state index is 0.524. The van der Waals surface area contributed by atoms with Crippen molar-refractivity contribution in [3.05, 3.63) is 71.8 Å². The minimum atomic E-state index is 0.524. The van der Waals surface area contributed by atoms with Crippen LogP contribution in [0.4, 0.5) is 0 Å². The Labute approximate surface area is 117 Å². The first-order valence-electron chi connectivity index (χ1n) is 6.31. The molecule has 0 atom stereocenters. The van der Waals surface area contributed by atoms with Crippen molar-refractivity contribution in [1.29, 1.82) is 0 Å². The van der Waals surface area contributed by atoms with Crippen molar-refractivity contribution in [2.45, 2.75) is 18.0 Å². The van der Waals surface area contributed by atoms with E-state index in [1.54, 1.807) is 0 Å². The lowest BCUT2D eigenvalue weighted by Crippen LogP contribution is -2.09. The summed E-state index contributed by atoms with van der Waals surface area (Å²) in [7, 11) is 0.901. The molecule has 0 aliphatic heterocycles. The average Bonchev–Trinajstić information content (AvgIpc) is 2.46. The molecule has 2 radical (unpaired) electrons. The third kappa shape index (κ3) is 3.72. The number of benzene rings is 2. The highest BCUT2D eigenvalue weighted by Crippen LogP contribution is 2.24. The molecule has 0 saturated carbocycles. The molecule has 0 aromatic heterocycles. The molecule has 0 amide bonds. The normalized spacial score (nSPS) is 10.8. The lowest BCUT2D eigenvalue weighted by atomic mass is 10.0. The predicted octanol–water partition coefficient (Wildman–Crippen LogP) is 4.53. The van der Waals surface area contributed by atoms with Gasteiger partial charge in [-0.05, 0) is 23.1 Å². The van der Waals surface area contributed by atoms with Crippen LogP contribution in [0, 0.1) is 0 Å². The lowest BCUT2D eigenvalue weighted by molar-refractivity contribution is 1.04. The van der Waals surface area contributed by atoms with Gasteiger partial charge in [-0.2, -0.15) is 0 Å². The van der Waals surface area contributed by atoms with E-state index in [0.29, 0.717) is 5.54 Å². The first-order valence-corrected chi connectivity index (χ1v) is 8.13. The summed E-state index contributed by atoms with van der Waals surface area (Å²) in [6, 6.07) is 22.8. The van der Waals surface area contributed by atoms with Crippen LogP contribution in [0.15, 0.2) is 60.7 Å². The van der Waals surface area contributed by atoms with Crippen molar-refractivity contribution in [2.24, 2.45) is 0 Å². The van der Waals surface area contributed by atoms with Gasteiger partial charge in [0, 0.05) is 5.88 Å². The van der Waals surface area contributed by atoms with Crippen molar-refractivity contribution in [1.82, 2.24) is 0 Å². The van der Waals surface area contributed by atoms with Gasteiger partial charge in [-0.1, -0.05) is 66.7 Å². The third-order valence-corrected chi connectivity index (χ3v) is 4.91. The highest BCUT2D eigenvalue weighted by atomic mass is 35.5. The van der Waals surface area contributed by atoms with E-state index in [1.165, 1.54) is 17.2 Å². The number of hydrogen-bond acceptors (Lipinski definition) is 0. The van der Waals surface area contributed by atoms with E-state index in [-0.39, 0.29) is 0 Å². The van der Waals surface area contributed by atoms with E-state index < -0.39 is 0 Å². The molecule has 0 N–H and O–H groups in total. The topological polar surface area (TPSA) is 0 Å². The third-order valence-electron chi connectivity index (χ3n) is 2.92. The van der Waals surface area contributed by atoms with Gasteiger partial charge >= 0.3 is 0 Å². The summed E-state index contributed by atoms with van der Waals surface area (Å²) in [6.07, 6.45) is 1.11. The maximum atomic E-state index is 5.78. The Bertz CT molecular complexity index is 402. The fraction of sp³-hybridized carbons (Fsp3) is 0.250. The van der Waals surface area contributed by atoms with E-state index in [4.69, 9.17) is 11.6 Å². The van der Waals surface area contributed by atoms with Gasteiger partial charge in [-0.25, -0.2) is 0 Å². The maximum Gasteiger partial charge on any atom is 0.0535 e. The Morgan fingerprint density at radius 3 is 1.78 bits per heavy atom. The zero-order valence-electron chi connectivity index (χ0n) is 10.4. The molecule has 18 heavy (non-hydrogen) atoms. The van der Waals surface area contributed by atoms with E-state index in [0.717, 1.165) is 21.8 Å². The fourth-order valence-electron chi connectivity index (χ4n) is 2.03. The molecule has 0 bridgehead atoms. The van der Waals surface area contributed by atoms with Crippen molar-refractivity contribution in [3.63, 3.8) is 0 Å². The second-order valence-electron chi connectivity index (χ2n) is 4.25. The van der Waals surface area contributed by atoms with E-state index in [9.17, 15) is 0 Å². The predicted molar refractivity (Wildman–Crippen MR) is 80.6 cm³/mol. The van der Waals surface area contributed by atoms with Crippen LogP contribution < -0.4 is 0 Å². The largest absolute Gasteiger partial charge is 0.127 e.